The van der Waals surface area contributed by atoms with E-state index >= 15 is 0 Å². The molecule has 1 aliphatic heterocycles. The molecule has 5 nitrogen and oxygen atoms in total. The molecule has 19 heavy (non-hydrogen) atoms. The minimum Gasteiger partial charge on any atom is -0.378 e. The molecule has 0 aromatic heterocycles. The van der Waals surface area contributed by atoms with Crippen LogP contribution in [0.4, 0.5) is 5.69 Å². The summed E-state index contributed by atoms with van der Waals surface area (Å²) in [5, 5.41) is 14.1. The molecule has 0 radical (unpaired) electrons. The third-order valence-electron chi connectivity index (χ3n) is 3.42. The number of halogens is 1. The lowest BCUT2D eigenvalue weighted by atomic mass is 10.0. The van der Waals surface area contributed by atoms with Gasteiger partial charge < -0.3 is 10.1 Å². The smallest absolute Gasteiger partial charge is 0.270 e. The van der Waals surface area contributed by atoms with Gasteiger partial charge in [0.15, 0.2) is 0 Å². The Kier molecular flexibility index (Phi) is 4.90. The van der Waals surface area contributed by atoms with E-state index in [9.17, 15) is 10.1 Å². The Morgan fingerprint density at radius 2 is 2.32 bits per heavy atom. The van der Waals surface area contributed by atoms with E-state index in [2.05, 4.69) is 28.2 Å². The molecule has 104 valence electrons. The SMILES string of the molecule is CC1OCCC1CNCc1cc(Br)cc([N+](=O)[O-])c1. The number of nitro groups is 1. The van der Waals surface area contributed by atoms with E-state index in [1.807, 2.05) is 6.07 Å². The predicted octanol–water partition coefficient (Wildman–Crippen LogP) is 2.87. The lowest BCUT2D eigenvalue weighted by Crippen LogP contribution is -2.26. The summed E-state index contributed by atoms with van der Waals surface area (Å²) in [5.41, 5.74) is 1.02. The van der Waals surface area contributed by atoms with Crippen molar-refractivity contribution in [1.82, 2.24) is 5.32 Å². The first kappa shape index (κ1) is 14.4. The van der Waals surface area contributed by atoms with Crippen LogP contribution in [0.1, 0.15) is 18.9 Å². The van der Waals surface area contributed by atoms with Crippen LogP contribution in [0.5, 0.6) is 0 Å². The number of benzene rings is 1. The van der Waals surface area contributed by atoms with E-state index in [0.29, 0.717) is 18.6 Å². The van der Waals surface area contributed by atoms with Crippen molar-refractivity contribution in [1.29, 1.82) is 0 Å². The topological polar surface area (TPSA) is 64.4 Å². The zero-order valence-electron chi connectivity index (χ0n) is 10.8. The second-order valence-electron chi connectivity index (χ2n) is 4.83. The maximum atomic E-state index is 10.8. The Morgan fingerprint density at radius 1 is 1.53 bits per heavy atom. The minimum atomic E-state index is -0.374. The van der Waals surface area contributed by atoms with Crippen molar-refractivity contribution in [2.75, 3.05) is 13.2 Å². The maximum Gasteiger partial charge on any atom is 0.270 e. The first-order valence-electron chi connectivity index (χ1n) is 6.32. The van der Waals surface area contributed by atoms with Crippen LogP contribution < -0.4 is 5.32 Å². The molecule has 1 aromatic rings. The van der Waals surface area contributed by atoms with Crippen molar-refractivity contribution in [2.45, 2.75) is 26.0 Å². The van der Waals surface area contributed by atoms with Crippen LogP contribution >= 0.6 is 15.9 Å². The molecule has 2 atom stereocenters. The van der Waals surface area contributed by atoms with Crippen molar-refractivity contribution < 1.29 is 9.66 Å². The van der Waals surface area contributed by atoms with E-state index in [4.69, 9.17) is 4.74 Å². The van der Waals surface area contributed by atoms with E-state index in [-0.39, 0.29) is 10.6 Å². The highest BCUT2D eigenvalue weighted by molar-refractivity contribution is 9.10. The van der Waals surface area contributed by atoms with Gasteiger partial charge in [-0.15, -0.1) is 0 Å². The molecule has 0 saturated carbocycles. The molecular formula is C13H17BrN2O3. The molecule has 6 heteroatoms. The highest BCUT2D eigenvalue weighted by Crippen LogP contribution is 2.22. The summed E-state index contributed by atoms with van der Waals surface area (Å²) in [6, 6.07) is 5.01. The Bertz CT molecular complexity index is 467. The summed E-state index contributed by atoms with van der Waals surface area (Å²) >= 11 is 3.30. The van der Waals surface area contributed by atoms with Gasteiger partial charge in [-0.3, -0.25) is 10.1 Å². The molecule has 0 spiro atoms. The summed E-state index contributed by atoms with van der Waals surface area (Å²) in [6.07, 6.45) is 1.37. The van der Waals surface area contributed by atoms with Gasteiger partial charge in [0.2, 0.25) is 0 Å². The van der Waals surface area contributed by atoms with Gasteiger partial charge in [0.25, 0.3) is 5.69 Å². The van der Waals surface area contributed by atoms with Crippen molar-refractivity contribution in [3.8, 4) is 0 Å². The van der Waals surface area contributed by atoms with Gasteiger partial charge in [-0.05, 0) is 30.9 Å². The van der Waals surface area contributed by atoms with E-state index in [1.165, 1.54) is 6.07 Å². The van der Waals surface area contributed by atoms with Gasteiger partial charge in [0.1, 0.15) is 0 Å². The first-order valence-corrected chi connectivity index (χ1v) is 7.12. The highest BCUT2D eigenvalue weighted by Gasteiger charge is 2.23. The fraction of sp³-hybridized carbons (Fsp3) is 0.538. The van der Waals surface area contributed by atoms with E-state index < -0.39 is 0 Å². The number of hydrogen-bond acceptors (Lipinski definition) is 4. The van der Waals surface area contributed by atoms with Crippen LogP contribution in [-0.2, 0) is 11.3 Å². The molecule has 2 unspecified atom stereocenters. The molecule has 1 saturated heterocycles. The Labute approximate surface area is 120 Å². The van der Waals surface area contributed by atoms with Gasteiger partial charge in [-0.25, -0.2) is 0 Å². The lowest BCUT2D eigenvalue weighted by molar-refractivity contribution is -0.385. The van der Waals surface area contributed by atoms with Crippen molar-refractivity contribution >= 4 is 21.6 Å². The second kappa shape index (κ2) is 6.45. The second-order valence-corrected chi connectivity index (χ2v) is 5.75. The molecule has 1 fully saturated rings. The molecule has 0 bridgehead atoms. The fourth-order valence-electron chi connectivity index (χ4n) is 2.29. The molecule has 1 aliphatic rings. The van der Waals surface area contributed by atoms with Gasteiger partial charge >= 0.3 is 0 Å². The molecule has 0 aliphatic carbocycles. The predicted molar refractivity (Wildman–Crippen MR) is 76.0 cm³/mol. The van der Waals surface area contributed by atoms with Gasteiger partial charge in [-0.1, -0.05) is 15.9 Å². The summed E-state index contributed by atoms with van der Waals surface area (Å²) < 4.78 is 6.23. The quantitative estimate of drug-likeness (QED) is 0.666. The van der Waals surface area contributed by atoms with Crippen LogP contribution in [0.25, 0.3) is 0 Å². The van der Waals surface area contributed by atoms with Crippen LogP contribution in [0.15, 0.2) is 22.7 Å². The summed E-state index contributed by atoms with van der Waals surface area (Å²) in [6.45, 7) is 4.42. The molecule has 2 rings (SSSR count). The van der Waals surface area contributed by atoms with Crippen molar-refractivity contribution in [3.05, 3.63) is 38.3 Å². The van der Waals surface area contributed by atoms with E-state index in [1.54, 1.807) is 6.07 Å². The molecule has 0 amide bonds. The zero-order chi connectivity index (χ0) is 13.8. The molecular weight excluding hydrogens is 312 g/mol. The summed E-state index contributed by atoms with van der Waals surface area (Å²) in [4.78, 5) is 10.4. The highest BCUT2D eigenvalue weighted by atomic mass is 79.9. The van der Waals surface area contributed by atoms with Gasteiger partial charge in [0, 0.05) is 36.3 Å². The number of nitro benzene ring substituents is 1. The zero-order valence-corrected chi connectivity index (χ0v) is 12.4. The lowest BCUT2D eigenvalue weighted by Gasteiger charge is -2.14. The minimum absolute atomic E-state index is 0.115. The molecule has 1 N–H and O–H groups in total. The van der Waals surface area contributed by atoms with Crippen LogP contribution in [0, 0.1) is 16.0 Å². The normalized spacial score (nSPS) is 22.6. The fourth-order valence-corrected chi connectivity index (χ4v) is 2.82. The number of rotatable bonds is 5. The van der Waals surface area contributed by atoms with Crippen molar-refractivity contribution in [3.63, 3.8) is 0 Å². The standard InChI is InChI=1S/C13H17BrN2O3/c1-9-11(2-3-19-9)8-15-7-10-4-12(14)6-13(5-10)16(17)18/h4-6,9,11,15H,2-3,7-8H2,1H3. The first-order chi connectivity index (χ1) is 9.06. The average molecular weight is 329 g/mol. The third-order valence-corrected chi connectivity index (χ3v) is 3.88. The van der Waals surface area contributed by atoms with Crippen LogP contribution in [-0.4, -0.2) is 24.2 Å². The number of ether oxygens (including phenoxy) is 1. The Hall–Kier alpha value is -0.980. The Morgan fingerprint density at radius 3 is 2.95 bits per heavy atom. The van der Waals surface area contributed by atoms with Crippen LogP contribution in [0.2, 0.25) is 0 Å². The molecule has 1 heterocycles. The van der Waals surface area contributed by atoms with Gasteiger partial charge in [0.05, 0.1) is 11.0 Å². The number of hydrogen-bond donors (Lipinski definition) is 1. The maximum absolute atomic E-state index is 10.8. The monoisotopic (exact) mass is 328 g/mol. The largest absolute Gasteiger partial charge is 0.378 e. The van der Waals surface area contributed by atoms with E-state index in [0.717, 1.165) is 29.6 Å². The van der Waals surface area contributed by atoms with Gasteiger partial charge in [-0.2, -0.15) is 0 Å². The number of non-ortho nitro benzene ring substituents is 1. The van der Waals surface area contributed by atoms with Crippen LogP contribution in [0.3, 0.4) is 0 Å². The molecule has 1 aromatic carbocycles. The third kappa shape index (κ3) is 3.99. The summed E-state index contributed by atoms with van der Waals surface area (Å²) in [5.74, 6) is 0.530. The summed E-state index contributed by atoms with van der Waals surface area (Å²) in [7, 11) is 0. The number of nitrogens with zero attached hydrogens (tertiary/aromatic N) is 1. The Balaban J connectivity index is 1.90. The van der Waals surface area contributed by atoms with Crippen molar-refractivity contribution in [2.24, 2.45) is 5.92 Å². The number of nitrogens with one attached hydrogen (secondary N) is 1. The average Bonchev–Trinajstić information content (AvgIpc) is 2.74.